The molecule has 0 aromatic heterocycles. The first-order valence-corrected chi connectivity index (χ1v) is 12.1. The first-order chi connectivity index (χ1) is 17.4. The average Bonchev–Trinajstić information content (AvgIpc) is 3.13. The second-order valence-corrected chi connectivity index (χ2v) is 9.10. The summed E-state index contributed by atoms with van der Waals surface area (Å²) in [4.78, 5) is 28.3. The second kappa shape index (κ2) is 11.1. The minimum absolute atomic E-state index is 0.0118. The summed E-state index contributed by atoms with van der Waals surface area (Å²) >= 11 is 0. The van der Waals surface area contributed by atoms with Crippen molar-refractivity contribution in [3.8, 4) is 11.5 Å². The van der Waals surface area contributed by atoms with E-state index < -0.39 is 17.7 Å². The maximum Gasteiger partial charge on any atom is 0.290 e. The van der Waals surface area contributed by atoms with Gasteiger partial charge in [0.1, 0.15) is 11.5 Å². The van der Waals surface area contributed by atoms with E-state index in [0.29, 0.717) is 23.5 Å². The molecule has 1 amide bonds. The fourth-order valence-corrected chi connectivity index (χ4v) is 4.48. The molecule has 3 aromatic carbocycles. The molecule has 1 aliphatic heterocycles. The summed E-state index contributed by atoms with van der Waals surface area (Å²) in [6.07, 6.45) is 0.713. The van der Waals surface area contributed by atoms with Crippen LogP contribution < -0.4 is 9.47 Å². The lowest BCUT2D eigenvalue weighted by molar-refractivity contribution is -0.130. The molecule has 36 heavy (non-hydrogen) atoms. The topological polar surface area (TPSA) is 76.1 Å². The third kappa shape index (κ3) is 5.60. The zero-order chi connectivity index (χ0) is 25.7. The number of nitrogens with zero attached hydrogens (tertiary/aromatic N) is 1. The molecule has 0 fully saturated rings. The van der Waals surface area contributed by atoms with Crippen LogP contribution in [0.2, 0.25) is 0 Å². The Kier molecular flexibility index (Phi) is 7.74. The number of rotatable bonds is 10. The van der Waals surface area contributed by atoms with Gasteiger partial charge in [-0.25, -0.2) is 0 Å². The number of methoxy groups -OCH3 is 1. The highest BCUT2D eigenvalue weighted by Gasteiger charge is 2.43. The molecular formula is C30H31NO5. The summed E-state index contributed by atoms with van der Waals surface area (Å²) in [6.45, 7) is 4.10. The van der Waals surface area contributed by atoms with E-state index in [1.165, 1.54) is 4.90 Å². The number of aliphatic hydroxyl groups excluding tert-OH is 1. The van der Waals surface area contributed by atoms with E-state index >= 15 is 0 Å². The van der Waals surface area contributed by atoms with Crippen LogP contribution in [0.3, 0.4) is 0 Å². The molecule has 0 radical (unpaired) electrons. The first-order valence-electron chi connectivity index (χ1n) is 12.1. The van der Waals surface area contributed by atoms with Crippen molar-refractivity contribution in [1.29, 1.82) is 0 Å². The number of benzene rings is 3. The number of amides is 1. The third-order valence-corrected chi connectivity index (χ3v) is 6.12. The Bertz CT molecular complexity index is 1270. The van der Waals surface area contributed by atoms with Crippen molar-refractivity contribution < 1.29 is 24.2 Å². The fourth-order valence-electron chi connectivity index (χ4n) is 4.48. The minimum atomic E-state index is -0.731. The average molecular weight is 486 g/mol. The molecule has 4 rings (SSSR count). The molecule has 1 atom stereocenters. The molecule has 1 heterocycles. The van der Waals surface area contributed by atoms with Crippen molar-refractivity contribution in [1.82, 2.24) is 4.90 Å². The highest BCUT2D eigenvalue weighted by molar-refractivity contribution is 6.09. The molecule has 1 aliphatic rings. The number of aliphatic hydroxyl groups is 1. The predicted molar refractivity (Wildman–Crippen MR) is 138 cm³/mol. The third-order valence-electron chi connectivity index (χ3n) is 6.12. The smallest absolute Gasteiger partial charge is 0.290 e. The van der Waals surface area contributed by atoms with Gasteiger partial charge in [0.15, 0.2) is 11.5 Å². The van der Waals surface area contributed by atoms with Gasteiger partial charge >= 0.3 is 0 Å². The number of hydrogen-bond donors (Lipinski definition) is 1. The van der Waals surface area contributed by atoms with Gasteiger partial charge in [0, 0.05) is 13.0 Å². The minimum Gasteiger partial charge on any atom is -0.503 e. The van der Waals surface area contributed by atoms with Crippen LogP contribution in [-0.4, -0.2) is 34.9 Å². The van der Waals surface area contributed by atoms with Gasteiger partial charge in [-0.3, -0.25) is 9.59 Å². The molecule has 0 spiro atoms. The van der Waals surface area contributed by atoms with Crippen molar-refractivity contribution >= 4 is 11.7 Å². The van der Waals surface area contributed by atoms with E-state index in [2.05, 4.69) is 0 Å². The van der Waals surface area contributed by atoms with Crippen molar-refractivity contribution in [2.24, 2.45) is 0 Å². The van der Waals surface area contributed by atoms with Crippen molar-refractivity contribution in [3.05, 3.63) is 107 Å². The lowest BCUT2D eigenvalue weighted by Crippen LogP contribution is -2.30. The van der Waals surface area contributed by atoms with E-state index in [1.807, 2.05) is 80.6 Å². The van der Waals surface area contributed by atoms with Crippen LogP contribution >= 0.6 is 0 Å². The highest BCUT2D eigenvalue weighted by atomic mass is 16.5. The number of ether oxygens (including phenoxy) is 2. The molecular weight excluding hydrogens is 454 g/mol. The van der Waals surface area contributed by atoms with Crippen molar-refractivity contribution in [2.75, 3.05) is 7.11 Å². The molecule has 6 nitrogen and oxygen atoms in total. The monoisotopic (exact) mass is 485 g/mol. The van der Waals surface area contributed by atoms with Gasteiger partial charge in [-0.05, 0) is 61.2 Å². The Morgan fingerprint density at radius 2 is 1.64 bits per heavy atom. The molecule has 0 aliphatic carbocycles. The second-order valence-electron chi connectivity index (χ2n) is 9.10. The first kappa shape index (κ1) is 25.0. The van der Waals surface area contributed by atoms with Crippen molar-refractivity contribution in [3.63, 3.8) is 0 Å². The summed E-state index contributed by atoms with van der Waals surface area (Å²) in [7, 11) is 1.57. The normalized spacial score (nSPS) is 15.5. The largest absolute Gasteiger partial charge is 0.503 e. The van der Waals surface area contributed by atoms with Crippen molar-refractivity contribution in [2.45, 2.75) is 45.4 Å². The maximum absolute atomic E-state index is 13.4. The van der Waals surface area contributed by atoms with E-state index in [4.69, 9.17) is 9.47 Å². The lowest BCUT2D eigenvalue weighted by atomic mass is 9.93. The van der Waals surface area contributed by atoms with E-state index in [1.54, 1.807) is 19.2 Å². The van der Waals surface area contributed by atoms with E-state index in [9.17, 15) is 14.7 Å². The standard InChI is InChI=1S/C30H31NO5/c1-20(2)36-25-14-7-11-22(17-25)19-31-28(23-12-8-13-24(18-23)35-3)27(29(33)30(31)34)26(32)16-15-21-9-5-4-6-10-21/h4-14,17-18,20,28,33H,15-16,19H2,1-3H3. The molecule has 6 heteroatoms. The van der Waals surface area contributed by atoms with Crippen LogP contribution in [0.25, 0.3) is 0 Å². The SMILES string of the molecule is COc1cccc(C2C(C(=O)CCc3ccccc3)=C(O)C(=O)N2Cc2cccc(OC(C)C)c2)c1. The zero-order valence-corrected chi connectivity index (χ0v) is 20.8. The number of ketones is 1. The molecule has 3 aromatic rings. The number of aryl methyl sites for hydroxylation is 1. The summed E-state index contributed by atoms with van der Waals surface area (Å²) in [5.74, 6) is -0.00781. The summed E-state index contributed by atoms with van der Waals surface area (Å²) in [5.41, 5.74) is 2.68. The maximum atomic E-state index is 13.4. The molecule has 0 saturated heterocycles. The Morgan fingerprint density at radius 1 is 0.944 bits per heavy atom. The van der Waals surface area contributed by atoms with E-state index in [0.717, 1.165) is 11.1 Å². The predicted octanol–water partition coefficient (Wildman–Crippen LogP) is 5.58. The molecule has 0 bridgehead atoms. The number of Topliss-reactive ketones (excluding diaryl/α,β-unsaturated/α-hetero) is 1. The van der Waals surface area contributed by atoms with Crippen LogP contribution in [-0.2, 0) is 22.6 Å². The van der Waals surface area contributed by atoms with Gasteiger partial charge in [0.2, 0.25) is 0 Å². The number of hydrogen-bond acceptors (Lipinski definition) is 5. The zero-order valence-electron chi connectivity index (χ0n) is 20.8. The lowest BCUT2D eigenvalue weighted by Gasteiger charge is -2.27. The molecule has 0 saturated carbocycles. The molecule has 1 unspecified atom stereocenters. The Labute approximate surface area is 211 Å². The van der Waals surface area contributed by atoms with Gasteiger partial charge in [0.25, 0.3) is 5.91 Å². The number of carbonyl (C=O) groups excluding carboxylic acids is 2. The van der Waals surface area contributed by atoms with Crippen LogP contribution in [0.1, 0.15) is 43.0 Å². The van der Waals surface area contributed by atoms with Gasteiger partial charge < -0.3 is 19.5 Å². The van der Waals surface area contributed by atoms with Gasteiger partial charge in [-0.1, -0.05) is 54.6 Å². The van der Waals surface area contributed by atoms with Gasteiger partial charge in [-0.15, -0.1) is 0 Å². The number of carbonyl (C=O) groups is 2. The summed E-state index contributed by atoms with van der Waals surface area (Å²) in [6, 6.07) is 23.7. The van der Waals surface area contributed by atoms with Crippen LogP contribution in [0.4, 0.5) is 0 Å². The quantitative estimate of drug-likeness (QED) is 0.406. The summed E-state index contributed by atoms with van der Waals surface area (Å²) < 4.78 is 11.2. The van der Waals surface area contributed by atoms with Crippen LogP contribution in [0.5, 0.6) is 11.5 Å². The van der Waals surface area contributed by atoms with E-state index in [-0.39, 0.29) is 30.4 Å². The Balaban J connectivity index is 1.67. The Hall–Kier alpha value is -4.06. The highest BCUT2D eigenvalue weighted by Crippen LogP contribution is 2.40. The summed E-state index contributed by atoms with van der Waals surface area (Å²) in [5, 5.41) is 10.9. The van der Waals surface area contributed by atoms with Gasteiger partial charge in [-0.2, -0.15) is 0 Å². The van der Waals surface area contributed by atoms with Gasteiger partial charge in [0.05, 0.1) is 24.8 Å². The van der Waals surface area contributed by atoms with Crippen LogP contribution in [0, 0.1) is 0 Å². The Morgan fingerprint density at radius 3 is 2.36 bits per heavy atom. The fraction of sp³-hybridized carbons (Fsp3) is 0.267. The molecule has 1 N–H and O–H groups in total. The molecule has 186 valence electrons. The van der Waals surface area contributed by atoms with Crippen LogP contribution in [0.15, 0.2) is 90.2 Å².